The van der Waals surface area contributed by atoms with Crippen molar-refractivity contribution in [3.63, 3.8) is 0 Å². The Hall–Kier alpha value is -0.670. The number of nitrogens with one attached hydrogen (secondary N) is 1. The first-order valence-corrected chi connectivity index (χ1v) is 6.35. The Morgan fingerprint density at radius 1 is 1.24 bits per heavy atom. The highest BCUT2D eigenvalue weighted by Crippen LogP contribution is 2.46. The highest BCUT2D eigenvalue weighted by Gasteiger charge is 2.46. The smallest absolute Gasteiger partial charge is 0.140 e. The topological polar surface area (TPSA) is 12.0 Å². The number of hydrogen-bond acceptors (Lipinski definition) is 1. The number of piperidine rings is 1. The molecular weight excluding hydrogens is 244 g/mol. The first kappa shape index (κ1) is 11.4. The maximum absolute atomic E-state index is 15.0. The van der Waals surface area contributed by atoms with Gasteiger partial charge in [0.25, 0.3) is 0 Å². The molecule has 3 rings (SSSR count). The first-order valence-electron chi connectivity index (χ1n) is 5.97. The predicted octanol–water partition coefficient (Wildman–Crippen LogP) is 3.56. The molecule has 4 heteroatoms. The van der Waals surface area contributed by atoms with Crippen molar-refractivity contribution in [1.82, 2.24) is 5.32 Å². The van der Waals surface area contributed by atoms with Gasteiger partial charge in [0, 0.05) is 35.5 Å². The maximum atomic E-state index is 15.0. The van der Waals surface area contributed by atoms with Crippen molar-refractivity contribution in [2.24, 2.45) is 0 Å². The predicted molar refractivity (Wildman–Crippen MR) is 63.4 cm³/mol. The lowest BCUT2D eigenvalue weighted by Crippen LogP contribution is -2.44. The van der Waals surface area contributed by atoms with Crippen molar-refractivity contribution in [2.75, 3.05) is 0 Å². The minimum atomic E-state index is -1.48. The van der Waals surface area contributed by atoms with Crippen LogP contribution in [-0.2, 0) is 5.67 Å². The van der Waals surface area contributed by atoms with Gasteiger partial charge < -0.3 is 5.32 Å². The second-order valence-electron chi connectivity index (χ2n) is 5.14. The van der Waals surface area contributed by atoms with E-state index in [-0.39, 0.29) is 12.1 Å². The molecule has 2 atom stereocenters. The van der Waals surface area contributed by atoms with E-state index in [1.54, 1.807) is 0 Å². The molecule has 0 saturated carbocycles. The zero-order valence-corrected chi connectivity index (χ0v) is 10.1. The average molecular weight is 258 g/mol. The van der Waals surface area contributed by atoms with Gasteiger partial charge in [0.05, 0.1) is 0 Å². The fourth-order valence-corrected chi connectivity index (χ4v) is 3.44. The quantitative estimate of drug-likeness (QED) is 0.811. The molecule has 1 aromatic rings. The zero-order valence-electron chi connectivity index (χ0n) is 9.35. The molecule has 1 N–H and O–H groups in total. The number of rotatable bonds is 1. The average Bonchev–Trinajstić information content (AvgIpc) is 2.62. The molecule has 92 valence electrons. The van der Waals surface area contributed by atoms with Crippen LogP contribution in [0.3, 0.4) is 0 Å². The molecule has 0 spiro atoms. The van der Waals surface area contributed by atoms with Crippen molar-refractivity contribution in [1.29, 1.82) is 0 Å². The van der Waals surface area contributed by atoms with Gasteiger partial charge in [0.15, 0.2) is 0 Å². The van der Waals surface area contributed by atoms with Crippen molar-refractivity contribution in [2.45, 2.75) is 43.4 Å². The molecule has 0 amide bonds. The minimum Gasteiger partial charge on any atom is -0.311 e. The van der Waals surface area contributed by atoms with Gasteiger partial charge in [-0.2, -0.15) is 0 Å². The normalized spacial score (nSPS) is 36.2. The molecule has 1 aromatic carbocycles. The van der Waals surface area contributed by atoms with Crippen LogP contribution in [0.4, 0.5) is 8.78 Å². The van der Waals surface area contributed by atoms with Crippen LogP contribution in [0.1, 0.15) is 31.2 Å². The van der Waals surface area contributed by atoms with Gasteiger partial charge in [0.1, 0.15) is 11.5 Å². The standard InChI is InChI=1S/C13H14ClF2N/c14-12-4-1-8(15)5-11(12)13(16)6-9-2-3-10(7-13)17-9/h1,4-5,9-10,17H,2-3,6-7H2. The van der Waals surface area contributed by atoms with Crippen molar-refractivity contribution >= 4 is 11.6 Å². The molecule has 0 aliphatic carbocycles. The van der Waals surface area contributed by atoms with E-state index in [0.717, 1.165) is 12.8 Å². The Morgan fingerprint density at radius 2 is 1.88 bits per heavy atom. The zero-order chi connectivity index (χ0) is 12.0. The Labute approximate surface area is 104 Å². The summed E-state index contributed by atoms with van der Waals surface area (Å²) in [5, 5.41) is 3.70. The van der Waals surface area contributed by atoms with Gasteiger partial charge in [-0.05, 0) is 31.0 Å². The Kier molecular flexibility index (Phi) is 2.64. The van der Waals surface area contributed by atoms with E-state index in [1.807, 2.05) is 0 Å². The Morgan fingerprint density at radius 3 is 2.53 bits per heavy atom. The summed E-state index contributed by atoms with van der Waals surface area (Å²) < 4.78 is 28.2. The highest BCUT2D eigenvalue weighted by atomic mass is 35.5. The maximum Gasteiger partial charge on any atom is 0.140 e. The summed E-state index contributed by atoms with van der Waals surface area (Å²) in [6, 6.07) is 4.37. The summed E-state index contributed by atoms with van der Waals surface area (Å²) >= 11 is 6.01. The lowest BCUT2D eigenvalue weighted by atomic mass is 9.83. The summed E-state index contributed by atoms with van der Waals surface area (Å²) in [5.41, 5.74) is -1.16. The SMILES string of the molecule is Fc1ccc(Cl)c(C2(F)CC3CCC(C2)N3)c1. The van der Waals surface area contributed by atoms with Crippen LogP contribution in [-0.4, -0.2) is 12.1 Å². The largest absolute Gasteiger partial charge is 0.311 e. The van der Waals surface area contributed by atoms with Crippen LogP contribution >= 0.6 is 11.6 Å². The molecule has 2 aliphatic heterocycles. The second-order valence-corrected chi connectivity index (χ2v) is 5.54. The third-order valence-electron chi connectivity index (χ3n) is 3.89. The number of benzene rings is 1. The molecule has 2 unspecified atom stereocenters. The highest BCUT2D eigenvalue weighted by molar-refractivity contribution is 6.31. The monoisotopic (exact) mass is 257 g/mol. The van der Waals surface area contributed by atoms with E-state index in [0.29, 0.717) is 23.4 Å². The molecule has 0 aromatic heterocycles. The fraction of sp³-hybridized carbons (Fsp3) is 0.538. The third kappa shape index (κ3) is 1.95. The molecule has 2 aliphatic rings. The lowest BCUT2D eigenvalue weighted by molar-refractivity contribution is 0.0871. The molecule has 2 bridgehead atoms. The van der Waals surface area contributed by atoms with E-state index in [9.17, 15) is 8.78 Å². The summed E-state index contributed by atoms with van der Waals surface area (Å²) in [7, 11) is 0. The lowest BCUT2D eigenvalue weighted by Gasteiger charge is -2.35. The van der Waals surface area contributed by atoms with Gasteiger partial charge in [0.2, 0.25) is 0 Å². The van der Waals surface area contributed by atoms with Crippen LogP contribution in [0, 0.1) is 5.82 Å². The molecule has 0 radical (unpaired) electrons. The van der Waals surface area contributed by atoms with Crippen molar-refractivity contribution < 1.29 is 8.78 Å². The number of fused-ring (bicyclic) bond motifs is 2. The molecule has 2 saturated heterocycles. The summed E-state index contributed by atoms with van der Waals surface area (Å²) in [6.45, 7) is 0. The second kappa shape index (κ2) is 3.92. The Balaban J connectivity index is 1.99. The molecular formula is C13H14ClF2N. The Bertz CT molecular complexity index is 437. The van der Waals surface area contributed by atoms with Crippen LogP contribution in [0.2, 0.25) is 5.02 Å². The number of halogens is 3. The van der Waals surface area contributed by atoms with E-state index < -0.39 is 11.5 Å². The first-order chi connectivity index (χ1) is 8.07. The third-order valence-corrected chi connectivity index (χ3v) is 4.22. The van der Waals surface area contributed by atoms with E-state index in [2.05, 4.69) is 5.32 Å². The molecule has 2 fully saturated rings. The summed E-state index contributed by atoms with van der Waals surface area (Å²) in [4.78, 5) is 0. The van der Waals surface area contributed by atoms with Gasteiger partial charge in [-0.15, -0.1) is 0 Å². The number of alkyl halides is 1. The van der Waals surface area contributed by atoms with Gasteiger partial charge in [-0.25, -0.2) is 8.78 Å². The summed E-state index contributed by atoms with van der Waals surface area (Å²) in [5.74, 6) is -0.424. The van der Waals surface area contributed by atoms with Crippen molar-refractivity contribution in [3.8, 4) is 0 Å². The van der Waals surface area contributed by atoms with Gasteiger partial charge in [-0.1, -0.05) is 11.6 Å². The minimum absolute atomic E-state index is 0.207. The molecule has 17 heavy (non-hydrogen) atoms. The molecule has 2 heterocycles. The van der Waals surface area contributed by atoms with E-state index in [4.69, 9.17) is 11.6 Å². The van der Waals surface area contributed by atoms with E-state index in [1.165, 1.54) is 18.2 Å². The molecule has 1 nitrogen and oxygen atoms in total. The van der Waals surface area contributed by atoms with Crippen LogP contribution in [0.15, 0.2) is 18.2 Å². The van der Waals surface area contributed by atoms with Crippen molar-refractivity contribution in [3.05, 3.63) is 34.6 Å². The number of hydrogen-bond donors (Lipinski definition) is 1. The van der Waals surface area contributed by atoms with Gasteiger partial charge in [-0.3, -0.25) is 0 Å². The van der Waals surface area contributed by atoms with Gasteiger partial charge >= 0.3 is 0 Å². The van der Waals surface area contributed by atoms with Crippen LogP contribution in [0.25, 0.3) is 0 Å². The fourth-order valence-electron chi connectivity index (χ4n) is 3.15. The van der Waals surface area contributed by atoms with Crippen LogP contribution in [0.5, 0.6) is 0 Å². The van der Waals surface area contributed by atoms with Crippen LogP contribution < -0.4 is 5.32 Å². The van der Waals surface area contributed by atoms with E-state index >= 15 is 0 Å². The summed E-state index contributed by atoms with van der Waals surface area (Å²) in [6.07, 6.45) is 2.80.